The third-order valence-electron chi connectivity index (χ3n) is 2.82. The van der Waals surface area contributed by atoms with Crippen molar-refractivity contribution in [2.75, 3.05) is 33.3 Å². The molecule has 2 N–H and O–H groups in total. The zero-order chi connectivity index (χ0) is 13.0. The van der Waals surface area contributed by atoms with E-state index in [1.54, 1.807) is 0 Å². The van der Waals surface area contributed by atoms with Crippen molar-refractivity contribution >= 4 is 5.91 Å². The zero-order valence-corrected chi connectivity index (χ0v) is 10.3. The maximum atomic E-state index is 11.8. The number of likely N-dealkylation sites (N-methyl/N-ethyl adjacent to an activating group) is 1. The molecule has 2 rings (SSSR count). The highest BCUT2D eigenvalue weighted by Crippen LogP contribution is 2.08. The van der Waals surface area contributed by atoms with Gasteiger partial charge in [-0.15, -0.1) is 0 Å². The quantitative estimate of drug-likeness (QED) is 0.781. The van der Waals surface area contributed by atoms with E-state index in [9.17, 15) is 9.90 Å². The predicted molar refractivity (Wildman–Crippen MR) is 65.5 cm³/mol. The number of hydrogen-bond donors (Lipinski definition) is 2. The lowest BCUT2D eigenvalue weighted by Crippen LogP contribution is -2.45. The van der Waals surface area contributed by atoms with Crippen LogP contribution >= 0.6 is 0 Å². The van der Waals surface area contributed by atoms with Crippen LogP contribution in [0, 0.1) is 0 Å². The third-order valence-corrected chi connectivity index (χ3v) is 2.82. The maximum Gasteiger partial charge on any atom is 0.253 e. The Morgan fingerprint density at radius 1 is 1.67 bits per heavy atom. The number of amides is 1. The molecule has 1 amide bonds. The Labute approximate surface area is 106 Å². The first-order valence-corrected chi connectivity index (χ1v) is 5.87. The second kappa shape index (κ2) is 5.79. The molecule has 18 heavy (non-hydrogen) atoms. The summed E-state index contributed by atoms with van der Waals surface area (Å²) in [6.07, 6.45) is 2.72. The highest BCUT2D eigenvalue weighted by molar-refractivity contribution is 5.94. The molecule has 0 radical (unpaired) electrons. The first kappa shape index (κ1) is 12.8. The predicted octanol–water partition coefficient (Wildman–Crippen LogP) is -0.152. The third kappa shape index (κ3) is 3.41. The molecule has 0 saturated carbocycles. The summed E-state index contributed by atoms with van der Waals surface area (Å²) in [5.74, 6) is -0.272. The minimum atomic E-state index is -0.254. The maximum absolute atomic E-state index is 11.8. The van der Waals surface area contributed by atoms with Crippen LogP contribution in [0.25, 0.3) is 0 Å². The van der Waals surface area contributed by atoms with E-state index in [0.717, 1.165) is 13.1 Å². The Morgan fingerprint density at radius 3 is 3.22 bits per heavy atom. The lowest BCUT2D eigenvalue weighted by molar-refractivity contribution is -0.0175. The lowest BCUT2D eigenvalue weighted by Gasteiger charge is -2.30. The summed E-state index contributed by atoms with van der Waals surface area (Å²) in [4.78, 5) is 17.7. The van der Waals surface area contributed by atoms with Gasteiger partial charge in [0.2, 0.25) is 0 Å². The van der Waals surface area contributed by atoms with E-state index in [4.69, 9.17) is 4.74 Å². The van der Waals surface area contributed by atoms with Crippen molar-refractivity contribution in [3.63, 3.8) is 0 Å². The Bertz CT molecular complexity index is 425. The molecule has 1 atom stereocenters. The number of nitrogens with one attached hydrogen (secondary N) is 1. The highest BCUT2D eigenvalue weighted by Gasteiger charge is 2.18. The fourth-order valence-electron chi connectivity index (χ4n) is 1.85. The number of nitrogens with zero attached hydrogens (tertiary/aromatic N) is 2. The Kier molecular flexibility index (Phi) is 4.11. The van der Waals surface area contributed by atoms with E-state index < -0.39 is 0 Å². The molecule has 0 spiro atoms. The molecule has 0 aliphatic carbocycles. The number of morpholine rings is 1. The van der Waals surface area contributed by atoms with E-state index in [0.29, 0.717) is 18.7 Å². The van der Waals surface area contributed by atoms with Crippen molar-refractivity contribution in [1.82, 2.24) is 15.2 Å². The monoisotopic (exact) mass is 251 g/mol. The molecule has 1 fully saturated rings. The average Bonchev–Trinajstić information content (AvgIpc) is 2.36. The molecule has 0 bridgehead atoms. The Balaban J connectivity index is 1.84. The fourth-order valence-corrected chi connectivity index (χ4v) is 1.85. The van der Waals surface area contributed by atoms with Gasteiger partial charge < -0.3 is 20.1 Å². The van der Waals surface area contributed by atoms with Crippen molar-refractivity contribution < 1.29 is 14.6 Å². The molecule has 1 unspecified atom stereocenters. The number of hydrogen-bond acceptors (Lipinski definition) is 5. The topological polar surface area (TPSA) is 74.7 Å². The second-order valence-electron chi connectivity index (χ2n) is 4.40. The number of aromatic nitrogens is 1. The van der Waals surface area contributed by atoms with Crippen molar-refractivity contribution in [1.29, 1.82) is 0 Å². The SMILES string of the molecule is CN1CCOC(CNC(=O)c2cncc(O)c2)C1. The summed E-state index contributed by atoms with van der Waals surface area (Å²) in [6, 6.07) is 1.39. The van der Waals surface area contributed by atoms with Gasteiger partial charge in [-0.2, -0.15) is 0 Å². The number of carbonyl (C=O) groups excluding carboxylic acids is 1. The minimum absolute atomic E-state index is 0.0120. The van der Waals surface area contributed by atoms with E-state index in [-0.39, 0.29) is 17.8 Å². The largest absolute Gasteiger partial charge is 0.506 e. The Morgan fingerprint density at radius 2 is 2.50 bits per heavy atom. The molecule has 2 heterocycles. The molecule has 1 aliphatic heterocycles. The number of aromatic hydroxyl groups is 1. The molecule has 0 aromatic carbocycles. The van der Waals surface area contributed by atoms with Gasteiger partial charge in [-0.25, -0.2) is 0 Å². The fraction of sp³-hybridized carbons (Fsp3) is 0.500. The van der Waals surface area contributed by atoms with Gasteiger partial charge in [-0.3, -0.25) is 9.78 Å². The van der Waals surface area contributed by atoms with Crippen molar-refractivity contribution in [3.8, 4) is 5.75 Å². The standard InChI is InChI=1S/C12H17N3O3/c1-15-2-3-18-11(8-15)7-14-12(17)9-4-10(16)6-13-5-9/h4-6,11,16H,2-3,7-8H2,1H3,(H,14,17). The molecule has 6 heteroatoms. The van der Waals surface area contributed by atoms with Crippen molar-refractivity contribution in [2.24, 2.45) is 0 Å². The van der Waals surface area contributed by atoms with Crippen LogP contribution in [0.1, 0.15) is 10.4 Å². The van der Waals surface area contributed by atoms with Crippen LogP contribution < -0.4 is 5.32 Å². The van der Waals surface area contributed by atoms with Crippen LogP contribution in [0.2, 0.25) is 0 Å². The molecular weight excluding hydrogens is 234 g/mol. The highest BCUT2D eigenvalue weighted by atomic mass is 16.5. The average molecular weight is 251 g/mol. The molecule has 1 aromatic heterocycles. The van der Waals surface area contributed by atoms with E-state index in [1.807, 2.05) is 7.05 Å². The number of ether oxygens (including phenoxy) is 1. The van der Waals surface area contributed by atoms with Gasteiger partial charge in [-0.05, 0) is 13.1 Å². The normalized spacial score (nSPS) is 20.6. The smallest absolute Gasteiger partial charge is 0.253 e. The number of rotatable bonds is 3. The van der Waals surface area contributed by atoms with Gasteiger partial charge in [0.05, 0.1) is 24.5 Å². The molecule has 1 aliphatic rings. The van der Waals surface area contributed by atoms with Crippen molar-refractivity contribution in [3.05, 3.63) is 24.0 Å². The molecule has 1 saturated heterocycles. The second-order valence-corrected chi connectivity index (χ2v) is 4.40. The van der Waals surface area contributed by atoms with Gasteiger partial charge in [-0.1, -0.05) is 0 Å². The molecule has 6 nitrogen and oxygen atoms in total. The summed E-state index contributed by atoms with van der Waals surface area (Å²) in [5, 5.41) is 12.0. The van der Waals surface area contributed by atoms with Crippen LogP contribution in [-0.2, 0) is 4.74 Å². The van der Waals surface area contributed by atoms with Gasteiger partial charge in [0.25, 0.3) is 5.91 Å². The van der Waals surface area contributed by atoms with Gasteiger partial charge in [0, 0.05) is 25.8 Å². The lowest BCUT2D eigenvalue weighted by atomic mass is 10.2. The van der Waals surface area contributed by atoms with Gasteiger partial charge in [0.1, 0.15) is 5.75 Å². The summed E-state index contributed by atoms with van der Waals surface area (Å²) < 4.78 is 5.54. The van der Waals surface area contributed by atoms with E-state index in [1.165, 1.54) is 18.5 Å². The Hall–Kier alpha value is -1.66. The molecule has 1 aromatic rings. The number of carbonyl (C=O) groups is 1. The minimum Gasteiger partial charge on any atom is -0.506 e. The van der Waals surface area contributed by atoms with Crippen LogP contribution in [-0.4, -0.2) is 60.3 Å². The van der Waals surface area contributed by atoms with Crippen molar-refractivity contribution in [2.45, 2.75) is 6.10 Å². The number of pyridine rings is 1. The summed E-state index contributed by atoms with van der Waals surface area (Å²) in [6.45, 7) is 2.86. The van der Waals surface area contributed by atoms with E-state index in [2.05, 4.69) is 15.2 Å². The summed E-state index contributed by atoms with van der Waals surface area (Å²) in [5.41, 5.74) is 0.346. The zero-order valence-electron chi connectivity index (χ0n) is 10.3. The van der Waals surface area contributed by atoms with Crippen LogP contribution in [0.3, 0.4) is 0 Å². The molecular formula is C12H17N3O3. The van der Waals surface area contributed by atoms with Crippen LogP contribution in [0.5, 0.6) is 5.75 Å². The first-order chi connectivity index (χ1) is 8.65. The summed E-state index contributed by atoms with van der Waals surface area (Å²) in [7, 11) is 2.02. The van der Waals surface area contributed by atoms with E-state index >= 15 is 0 Å². The van der Waals surface area contributed by atoms with Gasteiger partial charge in [0.15, 0.2) is 0 Å². The van der Waals surface area contributed by atoms with Crippen LogP contribution in [0.15, 0.2) is 18.5 Å². The van der Waals surface area contributed by atoms with Crippen LogP contribution in [0.4, 0.5) is 0 Å². The molecule has 98 valence electrons. The first-order valence-electron chi connectivity index (χ1n) is 5.87. The van der Waals surface area contributed by atoms with Gasteiger partial charge >= 0.3 is 0 Å². The summed E-state index contributed by atoms with van der Waals surface area (Å²) >= 11 is 0.